The van der Waals surface area contributed by atoms with Crippen molar-refractivity contribution < 1.29 is 9.59 Å². The molecule has 2 aliphatic rings. The van der Waals surface area contributed by atoms with Gasteiger partial charge in [0.15, 0.2) is 0 Å². The van der Waals surface area contributed by atoms with E-state index in [1.807, 2.05) is 4.90 Å². The average molecular weight is 259 g/mol. The molecular weight excluding hydrogens is 242 g/mol. The van der Waals surface area contributed by atoms with Crippen LogP contribution in [0.4, 0.5) is 5.69 Å². The van der Waals surface area contributed by atoms with E-state index >= 15 is 0 Å². The second-order valence-electron chi connectivity index (χ2n) is 5.37. The first-order valence-corrected chi connectivity index (χ1v) is 6.71. The first-order chi connectivity index (χ1) is 9.22. The highest BCUT2D eigenvalue weighted by atomic mass is 16.2. The van der Waals surface area contributed by atoms with Crippen LogP contribution in [0.3, 0.4) is 0 Å². The lowest BCUT2D eigenvalue weighted by molar-refractivity contribution is -0.128. The molecule has 1 aliphatic carbocycles. The van der Waals surface area contributed by atoms with Crippen LogP contribution in [-0.4, -0.2) is 34.8 Å². The van der Waals surface area contributed by atoms with Gasteiger partial charge in [0, 0.05) is 25.7 Å². The molecule has 0 spiro atoms. The number of anilines is 1. The minimum atomic E-state index is -0.230. The molecule has 1 N–H and O–H groups in total. The van der Waals surface area contributed by atoms with Gasteiger partial charge in [-0.15, -0.1) is 0 Å². The number of hydrogen-bond acceptors (Lipinski definition) is 3. The Kier molecular flexibility index (Phi) is 3.19. The summed E-state index contributed by atoms with van der Waals surface area (Å²) in [5.74, 6) is 0.466. The number of carbonyl (C=O) groups is 2. The maximum Gasteiger partial charge on any atom is 0.229 e. The molecule has 1 aromatic rings. The summed E-state index contributed by atoms with van der Waals surface area (Å²) in [7, 11) is 0. The second-order valence-corrected chi connectivity index (χ2v) is 5.37. The van der Waals surface area contributed by atoms with Gasteiger partial charge in [-0.05, 0) is 30.9 Å². The highest BCUT2D eigenvalue weighted by Gasteiger charge is 2.37. The maximum absolute atomic E-state index is 12.1. The third kappa shape index (κ3) is 2.92. The van der Waals surface area contributed by atoms with Crippen molar-refractivity contribution in [2.24, 2.45) is 11.8 Å². The summed E-state index contributed by atoms with van der Waals surface area (Å²) >= 11 is 0. The molecule has 5 nitrogen and oxygen atoms in total. The Morgan fingerprint density at radius 2 is 2.32 bits per heavy atom. The first kappa shape index (κ1) is 12.1. The van der Waals surface area contributed by atoms with Crippen LogP contribution < -0.4 is 5.32 Å². The number of likely N-dealkylation sites (tertiary alicyclic amines) is 1. The van der Waals surface area contributed by atoms with Crippen molar-refractivity contribution in [2.75, 3.05) is 18.4 Å². The summed E-state index contributed by atoms with van der Waals surface area (Å²) in [6, 6.07) is 3.57. The van der Waals surface area contributed by atoms with Crippen LogP contribution in [-0.2, 0) is 9.59 Å². The van der Waals surface area contributed by atoms with E-state index in [0.29, 0.717) is 24.6 Å². The first-order valence-electron chi connectivity index (χ1n) is 6.71. The average Bonchev–Trinajstić information content (AvgIpc) is 3.14. The van der Waals surface area contributed by atoms with Crippen LogP contribution in [0.25, 0.3) is 0 Å². The van der Waals surface area contributed by atoms with E-state index in [4.69, 9.17) is 0 Å². The number of nitrogens with one attached hydrogen (secondary N) is 1. The number of rotatable bonds is 4. The van der Waals surface area contributed by atoms with Gasteiger partial charge in [0.05, 0.1) is 17.8 Å². The fraction of sp³-hybridized carbons (Fsp3) is 0.500. The van der Waals surface area contributed by atoms with Gasteiger partial charge in [-0.3, -0.25) is 14.6 Å². The lowest BCUT2D eigenvalue weighted by Crippen LogP contribution is -2.29. The Hall–Kier alpha value is -1.91. The van der Waals surface area contributed by atoms with Crippen molar-refractivity contribution in [2.45, 2.75) is 19.3 Å². The van der Waals surface area contributed by atoms with E-state index in [1.165, 1.54) is 12.8 Å². The van der Waals surface area contributed by atoms with Crippen molar-refractivity contribution in [3.63, 3.8) is 0 Å². The zero-order valence-corrected chi connectivity index (χ0v) is 10.7. The largest absolute Gasteiger partial charge is 0.342 e. The standard InChI is InChI=1S/C14H17N3O2/c18-13-6-11(9-17(13)8-10-3-4-10)14(19)16-12-2-1-5-15-7-12/h1-2,5,7,10-11H,3-4,6,8-9H2,(H,16,19)/t11-/m0/s1. The van der Waals surface area contributed by atoms with E-state index in [-0.39, 0.29) is 17.7 Å². The van der Waals surface area contributed by atoms with Crippen LogP contribution in [0.15, 0.2) is 24.5 Å². The molecule has 1 saturated carbocycles. The van der Waals surface area contributed by atoms with Crippen LogP contribution in [0, 0.1) is 11.8 Å². The van der Waals surface area contributed by atoms with Gasteiger partial charge < -0.3 is 10.2 Å². The molecule has 5 heteroatoms. The molecule has 3 rings (SSSR count). The Labute approximate surface area is 112 Å². The van der Waals surface area contributed by atoms with Gasteiger partial charge in [0.1, 0.15) is 0 Å². The van der Waals surface area contributed by atoms with Crippen LogP contribution in [0.2, 0.25) is 0 Å². The molecule has 2 fully saturated rings. The van der Waals surface area contributed by atoms with E-state index in [9.17, 15) is 9.59 Å². The lowest BCUT2D eigenvalue weighted by Gasteiger charge is -2.15. The summed E-state index contributed by atoms with van der Waals surface area (Å²) in [4.78, 5) is 29.7. The smallest absolute Gasteiger partial charge is 0.229 e. The highest BCUT2D eigenvalue weighted by Crippen LogP contribution is 2.32. The van der Waals surface area contributed by atoms with Crippen molar-refractivity contribution in [1.29, 1.82) is 0 Å². The minimum absolute atomic E-state index is 0.0837. The number of carbonyl (C=O) groups excluding carboxylic acids is 2. The van der Waals surface area contributed by atoms with Crippen LogP contribution in [0.5, 0.6) is 0 Å². The van der Waals surface area contributed by atoms with Crippen LogP contribution >= 0.6 is 0 Å². The van der Waals surface area contributed by atoms with Gasteiger partial charge in [-0.1, -0.05) is 0 Å². The van der Waals surface area contributed by atoms with Crippen molar-refractivity contribution >= 4 is 17.5 Å². The molecule has 0 aromatic carbocycles. The van der Waals surface area contributed by atoms with Gasteiger partial charge >= 0.3 is 0 Å². The van der Waals surface area contributed by atoms with E-state index in [2.05, 4.69) is 10.3 Å². The number of amides is 2. The lowest BCUT2D eigenvalue weighted by atomic mass is 10.1. The number of pyridine rings is 1. The van der Waals surface area contributed by atoms with Crippen LogP contribution in [0.1, 0.15) is 19.3 Å². The highest BCUT2D eigenvalue weighted by molar-refractivity contribution is 5.97. The predicted molar refractivity (Wildman–Crippen MR) is 70.3 cm³/mol. The summed E-state index contributed by atoms with van der Waals surface area (Å²) in [5, 5.41) is 2.81. The maximum atomic E-state index is 12.1. The summed E-state index contributed by atoms with van der Waals surface area (Å²) < 4.78 is 0. The Morgan fingerprint density at radius 3 is 3.00 bits per heavy atom. The summed E-state index contributed by atoms with van der Waals surface area (Å²) in [6.07, 6.45) is 6.04. The number of hydrogen-bond donors (Lipinski definition) is 1. The Morgan fingerprint density at radius 1 is 1.47 bits per heavy atom. The molecule has 19 heavy (non-hydrogen) atoms. The molecule has 0 unspecified atom stereocenters. The van der Waals surface area contributed by atoms with E-state index in [0.717, 1.165) is 6.54 Å². The molecule has 0 bridgehead atoms. The quantitative estimate of drug-likeness (QED) is 0.886. The van der Waals surface area contributed by atoms with Crippen molar-refractivity contribution in [3.8, 4) is 0 Å². The minimum Gasteiger partial charge on any atom is -0.342 e. The van der Waals surface area contributed by atoms with Gasteiger partial charge in [-0.2, -0.15) is 0 Å². The summed E-state index contributed by atoms with van der Waals surface area (Å²) in [6.45, 7) is 1.39. The predicted octanol–water partition coefficient (Wildman–Crippen LogP) is 1.28. The molecule has 1 atom stereocenters. The molecule has 1 saturated heterocycles. The summed E-state index contributed by atoms with van der Waals surface area (Å²) in [5.41, 5.74) is 0.681. The third-order valence-corrected chi connectivity index (χ3v) is 3.69. The van der Waals surface area contributed by atoms with Crippen molar-refractivity contribution in [3.05, 3.63) is 24.5 Å². The van der Waals surface area contributed by atoms with Gasteiger partial charge in [0.25, 0.3) is 0 Å². The van der Waals surface area contributed by atoms with E-state index < -0.39 is 0 Å². The molecule has 0 radical (unpaired) electrons. The van der Waals surface area contributed by atoms with E-state index in [1.54, 1.807) is 24.5 Å². The topological polar surface area (TPSA) is 62.3 Å². The van der Waals surface area contributed by atoms with Crippen molar-refractivity contribution in [1.82, 2.24) is 9.88 Å². The zero-order valence-electron chi connectivity index (χ0n) is 10.7. The molecule has 1 aliphatic heterocycles. The molecule has 1 aromatic heterocycles. The molecule has 2 amide bonds. The third-order valence-electron chi connectivity index (χ3n) is 3.69. The second kappa shape index (κ2) is 4.99. The van der Waals surface area contributed by atoms with Gasteiger partial charge in [0.2, 0.25) is 11.8 Å². The fourth-order valence-electron chi connectivity index (χ4n) is 2.42. The molecule has 2 heterocycles. The number of aromatic nitrogens is 1. The zero-order chi connectivity index (χ0) is 13.2. The normalized spacial score (nSPS) is 22.6. The molecular formula is C14H17N3O2. The van der Waals surface area contributed by atoms with Gasteiger partial charge in [-0.25, -0.2) is 0 Å². The number of nitrogens with zero attached hydrogens (tertiary/aromatic N) is 2. The SMILES string of the molecule is O=C(Nc1cccnc1)[C@H]1CC(=O)N(CC2CC2)C1. The molecule has 100 valence electrons. The Bertz CT molecular complexity index is 485. The fourth-order valence-corrected chi connectivity index (χ4v) is 2.42. The Balaban J connectivity index is 1.57. The monoisotopic (exact) mass is 259 g/mol.